The van der Waals surface area contributed by atoms with Crippen molar-refractivity contribution in [1.82, 2.24) is 14.9 Å². The van der Waals surface area contributed by atoms with Gasteiger partial charge in [-0.05, 0) is 35.2 Å². The molecule has 0 unspecified atom stereocenters. The van der Waals surface area contributed by atoms with E-state index >= 15 is 0 Å². The van der Waals surface area contributed by atoms with Crippen molar-refractivity contribution in [3.8, 4) is 11.4 Å². The molecule has 2 aromatic carbocycles. The van der Waals surface area contributed by atoms with E-state index in [0.29, 0.717) is 22.2 Å². The van der Waals surface area contributed by atoms with E-state index in [2.05, 4.69) is 36.3 Å². The molecule has 0 aliphatic heterocycles. The number of anilines is 1. The molecule has 3 rings (SSSR count). The summed E-state index contributed by atoms with van der Waals surface area (Å²) in [7, 11) is 0. The molecule has 2 amide bonds. The molecule has 5 N–H and O–H groups in total. The third-order valence-electron chi connectivity index (χ3n) is 4.46. The van der Waals surface area contributed by atoms with E-state index in [0.717, 1.165) is 5.56 Å². The number of nitrogens with one attached hydrogen (secondary N) is 1. The highest BCUT2D eigenvalue weighted by molar-refractivity contribution is 7.99. The van der Waals surface area contributed by atoms with E-state index in [-0.39, 0.29) is 17.1 Å². The Labute approximate surface area is 179 Å². The van der Waals surface area contributed by atoms with Crippen LogP contribution >= 0.6 is 11.8 Å². The van der Waals surface area contributed by atoms with Crippen molar-refractivity contribution in [3.05, 3.63) is 59.7 Å². The Morgan fingerprint density at radius 2 is 1.67 bits per heavy atom. The van der Waals surface area contributed by atoms with Gasteiger partial charge in [0, 0.05) is 16.8 Å². The minimum absolute atomic E-state index is 0.0590. The van der Waals surface area contributed by atoms with E-state index in [1.807, 2.05) is 24.3 Å². The number of nitrogen functional groups attached to an aromatic ring is 1. The van der Waals surface area contributed by atoms with Crippen LogP contribution in [0.1, 0.15) is 36.7 Å². The first kappa shape index (κ1) is 21.4. The minimum atomic E-state index is -0.519. The summed E-state index contributed by atoms with van der Waals surface area (Å²) in [4.78, 5) is 23.3. The van der Waals surface area contributed by atoms with Gasteiger partial charge < -0.3 is 16.9 Å². The molecule has 0 aliphatic carbocycles. The first-order chi connectivity index (χ1) is 14.1. The molecule has 1 heterocycles. The number of primary amides is 1. The average Bonchev–Trinajstić information content (AvgIpc) is 3.06. The zero-order valence-electron chi connectivity index (χ0n) is 17.0. The van der Waals surface area contributed by atoms with E-state index in [9.17, 15) is 9.59 Å². The topological polar surface area (TPSA) is 129 Å². The number of carbonyl (C=O) groups is 2. The van der Waals surface area contributed by atoms with Gasteiger partial charge in [-0.2, -0.15) is 0 Å². The molecule has 3 aromatic rings. The largest absolute Gasteiger partial charge is 0.366 e. The molecule has 0 aliphatic rings. The number of hydrogen-bond donors (Lipinski definition) is 3. The highest BCUT2D eigenvalue weighted by Gasteiger charge is 2.16. The van der Waals surface area contributed by atoms with Gasteiger partial charge in [-0.3, -0.25) is 9.59 Å². The second-order valence-corrected chi connectivity index (χ2v) is 8.72. The van der Waals surface area contributed by atoms with Crippen molar-refractivity contribution in [2.24, 2.45) is 5.73 Å². The summed E-state index contributed by atoms with van der Waals surface area (Å²) in [6.45, 7) is 6.46. The summed E-state index contributed by atoms with van der Waals surface area (Å²) < 4.78 is 1.38. The normalized spacial score (nSPS) is 11.3. The van der Waals surface area contributed by atoms with Crippen LogP contribution in [0, 0.1) is 0 Å². The van der Waals surface area contributed by atoms with Crippen LogP contribution in [0.4, 0.5) is 5.69 Å². The van der Waals surface area contributed by atoms with Gasteiger partial charge in [-0.1, -0.05) is 56.8 Å². The predicted molar refractivity (Wildman–Crippen MR) is 119 cm³/mol. The fraction of sp³-hybridized carbons (Fsp3) is 0.238. The molecule has 0 saturated carbocycles. The highest BCUT2D eigenvalue weighted by atomic mass is 32.2. The van der Waals surface area contributed by atoms with E-state index in [1.165, 1.54) is 22.0 Å². The molecule has 8 nitrogen and oxygen atoms in total. The second kappa shape index (κ2) is 8.58. The molecule has 30 heavy (non-hydrogen) atoms. The minimum Gasteiger partial charge on any atom is -0.366 e. The van der Waals surface area contributed by atoms with Crippen LogP contribution in [0.3, 0.4) is 0 Å². The molecule has 0 spiro atoms. The van der Waals surface area contributed by atoms with Gasteiger partial charge >= 0.3 is 0 Å². The molecule has 0 saturated heterocycles. The maximum Gasteiger partial charge on any atom is 0.248 e. The maximum absolute atomic E-state index is 12.2. The van der Waals surface area contributed by atoms with Gasteiger partial charge in [0.05, 0.1) is 5.75 Å². The molecule has 0 atom stereocenters. The lowest BCUT2D eigenvalue weighted by molar-refractivity contribution is -0.113. The lowest BCUT2D eigenvalue weighted by Gasteiger charge is -2.19. The van der Waals surface area contributed by atoms with Crippen molar-refractivity contribution >= 4 is 29.3 Å². The van der Waals surface area contributed by atoms with Crippen LogP contribution < -0.4 is 16.9 Å². The number of carbonyl (C=O) groups excluding carboxylic acids is 2. The number of hydrogen-bond acceptors (Lipinski definition) is 6. The van der Waals surface area contributed by atoms with Gasteiger partial charge in [0.25, 0.3) is 0 Å². The van der Waals surface area contributed by atoms with Crippen LogP contribution in [0.2, 0.25) is 0 Å². The fourth-order valence-electron chi connectivity index (χ4n) is 2.74. The Morgan fingerprint density at radius 1 is 1.03 bits per heavy atom. The number of rotatable bonds is 6. The van der Waals surface area contributed by atoms with Crippen molar-refractivity contribution in [2.45, 2.75) is 31.3 Å². The highest BCUT2D eigenvalue weighted by Crippen LogP contribution is 2.26. The second-order valence-electron chi connectivity index (χ2n) is 7.78. The zero-order chi connectivity index (χ0) is 21.9. The number of aromatic nitrogens is 3. The summed E-state index contributed by atoms with van der Waals surface area (Å²) in [5.41, 5.74) is 8.27. The Kier molecular flexibility index (Phi) is 6.12. The van der Waals surface area contributed by atoms with Gasteiger partial charge in [0.15, 0.2) is 5.82 Å². The summed E-state index contributed by atoms with van der Waals surface area (Å²) in [6, 6.07) is 14.4. The molecule has 0 fully saturated rings. The molecule has 0 radical (unpaired) electrons. The number of nitrogens with two attached hydrogens (primary N) is 2. The molecule has 9 heteroatoms. The van der Waals surface area contributed by atoms with E-state index in [4.69, 9.17) is 11.6 Å². The average molecular weight is 425 g/mol. The standard InChI is InChI=1S/C21H24N6O2S/c1-21(2,3)15-8-4-14(5-9-15)19-25-26-20(27(19)23)30-12-17(28)24-16-10-6-13(7-11-16)18(22)29/h4-11H,12,23H2,1-3H3,(H2,22,29)(H,24,28). The monoisotopic (exact) mass is 424 g/mol. The van der Waals surface area contributed by atoms with Crippen LogP contribution in [0.25, 0.3) is 11.4 Å². The predicted octanol–water partition coefficient (Wildman–Crippen LogP) is 2.79. The summed E-state index contributed by atoms with van der Waals surface area (Å²) in [5.74, 6) is 6.02. The lowest BCUT2D eigenvalue weighted by Crippen LogP contribution is -2.17. The Morgan fingerprint density at radius 3 is 2.23 bits per heavy atom. The number of nitrogens with zero attached hydrogens (tertiary/aromatic N) is 3. The van der Waals surface area contributed by atoms with E-state index in [1.54, 1.807) is 24.3 Å². The number of thioether (sulfide) groups is 1. The Bertz CT molecular complexity index is 1050. The third-order valence-corrected chi connectivity index (χ3v) is 5.40. The maximum atomic E-state index is 12.2. The summed E-state index contributed by atoms with van der Waals surface area (Å²) in [5, 5.41) is 11.4. The number of amides is 2. The van der Waals surface area contributed by atoms with Crippen LogP contribution in [-0.4, -0.2) is 32.4 Å². The Balaban J connectivity index is 1.62. The van der Waals surface area contributed by atoms with E-state index < -0.39 is 5.91 Å². The van der Waals surface area contributed by atoms with Crippen molar-refractivity contribution in [1.29, 1.82) is 0 Å². The van der Waals surface area contributed by atoms with Crippen molar-refractivity contribution in [2.75, 3.05) is 16.9 Å². The molecule has 1 aromatic heterocycles. The molecular formula is C21H24N6O2S. The summed E-state index contributed by atoms with van der Waals surface area (Å²) in [6.07, 6.45) is 0. The molecular weight excluding hydrogens is 400 g/mol. The fourth-order valence-corrected chi connectivity index (χ4v) is 3.39. The van der Waals surface area contributed by atoms with Gasteiger partial charge in [-0.25, -0.2) is 4.68 Å². The van der Waals surface area contributed by atoms with Crippen LogP contribution in [-0.2, 0) is 10.2 Å². The number of benzene rings is 2. The van der Waals surface area contributed by atoms with Crippen LogP contribution in [0.5, 0.6) is 0 Å². The van der Waals surface area contributed by atoms with Gasteiger partial charge in [0.1, 0.15) is 0 Å². The van der Waals surface area contributed by atoms with Crippen LogP contribution in [0.15, 0.2) is 53.7 Å². The van der Waals surface area contributed by atoms with Gasteiger partial charge in [-0.15, -0.1) is 10.2 Å². The first-order valence-electron chi connectivity index (χ1n) is 9.29. The van der Waals surface area contributed by atoms with Crippen molar-refractivity contribution < 1.29 is 9.59 Å². The molecule has 0 bridgehead atoms. The van der Waals surface area contributed by atoms with Gasteiger partial charge in [0.2, 0.25) is 17.0 Å². The zero-order valence-corrected chi connectivity index (χ0v) is 17.9. The summed E-state index contributed by atoms with van der Waals surface area (Å²) >= 11 is 1.18. The lowest BCUT2D eigenvalue weighted by atomic mass is 9.87. The smallest absolute Gasteiger partial charge is 0.248 e. The quantitative estimate of drug-likeness (QED) is 0.412. The van der Waals surface area contributed by atoms with Crippen molar-refractivity contribution in [3.63, 3.8) is 0 Å². The third kappa shape index (κ3) is 4.98. The SMILES string of the molecule is CC(C)(C)c1ccc(-c2nnc(SCC(=O)Nc3ccc(C(N)=O)cc3)n2N)cc1. The molecule has 156 valence electrons. The first-order valence-corrected chi connectivity index (χ1v) is 10.3. The Hall–Kier alpha value is -3.33.